The first-order valence-corrected chi connectivity index (χ1v) is 6.76. The summed E-state index contributed by atoms with van der Waals surface area (Å²) < 4.78 is 0. The third-order valence-electron chi connectivity index (χ3n) is 4.76. The lowest BCUT2D eigenvalue weighted by atomic mass is 9.65. The third kappa shape index (κ3) is 2.20. The van der Waals surface area contributed by atoms with Gasteiger partial charge in [0, 0.05) is 0 Å². The van der Waals surface area contributed by atoms with E-state index in [0.717, 1.165) is 18.8 Å². The SMILES string of the molecule is CC1=C2CC[C@H](C)C[C@H]2C(C)(C)C[C@H](O)C1. The van der Waals surface area contributed by atoms with E-state index >= 15 is 0 Å². The molecule has 0 aromatic rings. The van der Waals surface area contributed by atoms with Gasteiger partial charge in [0.2, 0.25) is 0 Å². The molecule has 0 bridgehead atoms. The van der Waals surface area contributed by atoms with Gasteiger partial charge in [-0.3, -0.25) is 0 Å². The van der Waals surface area contributed by atoms with Gasteiger partial charge in [-0.2, -0.15) is 0 Å². The summed E-state index contributed by atoms with van der Waals surface area (Å²) in [4.78, 5) is 0. The Morgan fingerprint density at radius 1 is 1.31 bits per heavy atom. The number of rotatable bonds is 0. The lowest BCUT2D eigenvalue weighted by Gasteiger charge is -2.41. The Bertz CT molecular complexity index is 301. The largest absolute Gasteiger partial charge is 0.393 e. The second kappa shape index (κ2) is 4.18. The van der Waals surface area contributed by atoms with Crippen LogP contribution in [0.1, 0.15) is 59.8 Å². The van der Waals surface area contributed by atoms with Crippen LogP contribution in [0.25, 0.3) is 0 Å². The van der Waals surface area contributed by atoms with Gasteiger partial charge >= 0.3 is 0 Å². The van der Waals surface area contributed by atoms with Crippen molar-refractivity contribution in [2.24, 2.45) is 17.3 Å². The van der Waals surface area contributed by atoms with Crippen molar-refractivity contribution >= 4 is 0 Å². The molecule has 0 saturated heterocycles. The molecule has 2 rings (SSSR count). The molecule has 1 nitrogen and oxygen atoms in total. The maximum atomic E-state index is 10.1. The second-order valence-corrected chi connectivity index (χ2v) is 6.79. The average Bonchev–Trinajstić information content (AvgIpc) is 2.22. The summed E-state index contributed by atoms with van der Waals surface area (Å²) in [5.41, 5.74) is 3.44. The van der Waals surface area contributed by atoms with E-state index in [0.29, 0.717) is 5.92 Å². The average molecular weight is 222 g/mol. The molecule has 0 aromatic carbocycles. The summed E-state index contributed by atoms with van der Waals surface area (Å²) in [6.07, 6.45) is 5.69. The maximum Gasteiger partial charge on any atom is 0.0582 e. The van der Waals surface area contributed by atoms with Crippen molar-refractivity contribution in [3.8, 4) is 0 Å². The number of allylic oxidation sites excluding steroid dienone is 1. The van der Waals surface area contributed by atoms with Crippen LogP contribution in [-0.4, -0.2) is 11.2 Å². The van der Waals surface area contributed by atoms with Crippen LogP contribution in [-0.2, 0) is 0 Å². The minimum atomic E-state index is -0.122. The number of hydrogen-bond acceptors (Lipinski definition) is 1. The predicted octanol–water partition coefficient (Wildman–Crippen LogP) is 3.92. The standard InChI is InChI=1S/C15H26O/c1-10-5-6-13-11(2)8-12(16)9-15(3,4)14(13)7-10/h10,12,14,16H,5-9H2,1-4H3/t10-,12+,14+/m0/s1. The molecule has 0 aromatic heterocycles. The van der Waals surface area contributed by atoms with Crippen LogP contribution in [0.3, 0.4) is 0 Å². The van der Waals surface area contributed by atoms with E-state index < -0.39 is 0 Å². The quantitative estimate of drug-likeness (QED) is 0.616. The zero-order chi connectivity index (χ0) is 11.9. The Balaban J connectivity index is 2.34. The van der Waals surface area contributed by atoms with Crippen LogP contribution >= 0.6 is 0 Å². The Morgan fingerprint density at radius 3 is 2.69 bits per heavy atom. The minimum Gasteiger partial charge on any atom is -0.393 e. The molecule has 2 aliphatic carbocycles. The highest BCUT2D eigenvalue weighted by Gasteiger charge is 2.39. The molecule has 2 aliphatic rings. The molecule has 0 unspecified atom stereocenters. The molecule has 1 N–H and O–H groups in total. The Morgan fingerprint density at radius 2 is 2.00 bits per heavy atom. The van der Waals surface area contributed by atoms with Crippen molar-refractivity contribution < 1.29 is 5.11 Å². The second-order valence-electron chi connectivity index (χ2n) is 6.79. The van der Waals surface area contributed by atoms with E-state index in [-0.39, 0.29) is 11.5 Å². The van der Waals surface area contributed by atoms with Crippen molar-refractivity contribution in [3.63, 3.8) is 0 Å². The van der Waals surface area contributed by atoms with Crippen molar-refractivity contribution in [1.82, 2.24) is 0 Å². The number of aliphatic hydroxyl groups excluding tert-OH is 1. The number of aliphatic hydroxyl groups is 1. The third-order valence-corrected chi connectivity index (χ3v) is 4.76. The molecular formula is C15H26O. The normalized spacial score (nSPS) is 39.2. The van der Waals surface area contributed by atoms with E-state index in [9.17, 15) is 5.11 Å². The fourth-order valence-corrected chi connectivity index (χ4v) is 3.85. The fraction of sp³-hybridized carbons (Fsp3) is 0.867. The van der Waals surface area contributed by atoms with Crippen molar-refractivity contribution in [2.75, 3.05) is 0 Å². The molecule has 0 amide bonds. The van der Waals surface area contributed by atoms with Crippen molar-refractivity contribution in [3.05, 3.63) is 11.1 Å². The van der Waals surface area contributed by atoms with E-state index in [1.807, 2.05) is 0 Å². The van der Waals surface area contributed by atoms with Gasteiger partial charge in [-0.1, -0.05) is 31.9 Å². The van der Waals surface area contributed by atoms with Gasteiger partial charge in [0.1, 0.15) is 0 Å². The summed E-state index contributed by atoms with van der Waals surface area (Å²) in [6, 6.07) is 0. The number of hydrogen-bond donors (Lipinski definition) is 1. The summed E-state index contributed by atoms with van der Waals surface area (Å²) in [5.74, 6) is 1.57. The van der Waals surface area contributed by atoms with Gasteiger partial charge in [0.05, 0.1) is 6.10 Å². The first-order valence-electron chi connectivity index (χ1n) is 6.76. The first kappa shape index (κ1) is 12.2. The Hall–Kier alpha value is -0.300. The smallest absolute Gasteiger partial charge is 0.0582 e. The number of fused-ring (bicyclic) bond motifs is 1. The van der Waals surface area contributed by atoms with Gasteiger partial charge in [-0.15, -0.1) is 0 Å². The monoisotopic (exact) mass is 222 g/mol. The summed E-state index contributed by atoms with van der Waals surface area (Å²) >= 11 is 0. The van der Waals surface area contributed by atoms with Gasteiger partial charge in [-0.05, 0) is 56.3 Å². The van der Waals surface area contributed by atoms with Gasteiger partial charge < -0.3 is 5.11 Å². The Kier molecular flexibility index (Phi) is 3.18. The van der Waals surface area contributed by atoms with Crippen LogP contribution in [0.2, 0.25) is 0 Å². The van der Waals surface area contributed by atoms with Gasteiger partial charge in [0.25, 0.3) is 0 Å². The zero-order valence-electron chi connectivity index (χ0n) is 11.2. The van der Waals surface area contributed by atoms with E-state index in [2.05, 4.69) is 27.7 Å². The summed E-state index contributed by atoms with van der Waals surface area (Å²) in [7, 11) is 0. The highest BCUT2D eigenvalue weighted by atomic mass is 16.3. The van der Waals surface area contributed by atoms with E-state index in [1.54, 1.807) is 5.57 Å². The molecule has 0 heterocycles. The van der Waals surface area contributed by atoms with Crippen LogP contribution in [0.4, 0.5) is 0 Å². The molecule has 3 atom stereocenters. The van der Waals surface area contributed by atoms with E-state index in [4.69, 9.17) is 0 Å². The molecule has 1 saturated carbocycles. The van der Waals surface area contributed by atoms with E-state index in [1.165, 1.54) is 24.8 Å². The van der Waals surface area contributed by atoms with Crippen LogP contribution in [0.5, 0.6) is 0 Å². The minimum absolute atomic E-state index is 0.122. The highest BCUT2D eigenvalue weighted by Crippen LogP contribution is 2.49. The maximum absolute atomic E-state index is 10.1. The van der Waals surface area contributed by atoms with Gasteiger partial charge in [-0.25, -0.2) is 0 Å². The topological polar surface area (TPSA) is 20.2 Å². The lowest BCUT2D eigenvalue weighted by molar-refractivity contribution is 0.0846. The lowest BCUT2D eigenvalue weighted by Crippen LogP contribution is -2.31. The first-order chi connectivity index (χ1) is 7.40. The molecule has 92 valence electrons. The molecule has 0 aliphatic heterocycles. The van der Waals surface area contributed by atoms with Gasteiger partial charge in [0.15, 0.2) is 0 Å². The fourth-order valence-electron chi connectivity index (χ4n) is 3.85. The molecule has 1 fully saturated rings. The van der Waals surface area contributed by atoms with Crippen molar-refractivity contribution in [1.29, 1.82) is 0 Å². The summed E-state index contributed by atoms with van der Waals surface area (Å²) in [5, 5.41) is 10.1. The molecule has 0 radical (unpaired) electrons. The highest BCUT2D eigenvalue weighted by molar-refractivity contribution is 5.22. The zero-order valence-corrected chi connectivity index (χ0v) is 11.2. The van der Waals surface area contributed by atoms with Crippen LogP contribution < -0.4 is 0 Å². The van der Waals surface area contributed by atoms with Crippen LogP contribution in [0.15, 0.2) is 11.1 Å². The molecule has 0 spiro atoms. The van der Waals surface area contributed by atoms with Crippen LogP contribution in [0, 0.1) is 17.3 Å². The Labute approximate surface area is 99.9 Å². The summed E-state index contributed by atoms with van der Waals surface area (Å²) in [6.45, 7) is 9.31. The molecule has 16 heavy (non-hydrogen) atoms. The molecule has 1 heteroatoms. The predicted molar refractivity (Wildman–Crippen MR) is 68.2 cm³/mol. The van der Waals surface area contributed by atoms with Crippen molar-refractivity contribution in [2.45, 2.75) is 65.9 Å². The molecular weight excluding hydrogens is 196 g/mol.